The molecule has 1 unspecified atom stereocenters. The first-order valence-electron chi connectivity index (χ1n) is 11.2. The van der Waals surface area contributed by atoms with Crippen LogP contribution >= 0.6 is 27.5 Å². The summed E-state index contributed by atoms with van der Waals surface area (Å²) in [5.41, 5.74) is 1.01. The molecular formula is C24H25BrClFN6O5. The van der Waals surface area contributed by atoms with Crippen molar-refractivity contribution in [3.63, 3.8) is 0 Å². The zero-order valence-corrected chi connectivity index (χ0v) is 23.3. The summed E-state index contributed by atoms with van der Waals surface area (Å²) in [5.74, 6) is -1.57. The monoisotopic (exact) mass is 610 g/mol. The Labute approximate surface area is 231 Å². The number of ether oxygens (including phenoxy) is 2. The Morgan fingerprint density at radius 2 is 2.03 bits per heavy atom. The quantitative estimate of drug-likeness (QED) is 0.340. The van der Waals surface area contributed by atoms with Crippen LogP contribution in [0.2, 0.25) is 5.15 Å². The average molecular weight is 612 g/mol. The first-order chi connectivity index (χ1) is 18.0. The fourth-order valence-electron chi connectivity index (χ4n) is 3.24. The van der Waals surface area contributed by atoms with Gasteiger partial charge in [0, 0.05) is 18.8 Å². The lowest BCUT2D eigenvalue weighted by atomic mass is 10.2. The van der Waals surface area contributed by atoms with E-state index < -0.39 is 30.0 Å². The minimum absolute atomic E-state index is 0.0162. The van der Waals surface area contributed by atoms with Crippen molar-refractivity contribution in [2.45, 2.75) is 26.7 Å². The van der Waals surface area contributed by atoms with Crippen LogP contribution in [-0.4, -0.2) is 53.4 Å². The van der Waals surface area contributed by atoms with E-state index >= 15 is 0 Å². The van der Waals surface area contributed by atoms with Gasteiger partial charge >= 0.3 is 12.1 Å². The summed E-state index contributed by atoms with van der Waals surface area (Å²) in [6.07, 6.45) is -0.383. The molecule has 2 aromatic heterocycles. The molecule has 0 aliphatic rings. The summed E-state index contributed by atoms with van der Waals surface area (Å²) in [5, 5.41) is 9.27. The zero-order chi connectivity index (χ0) is 28.0. The van der Waals surface area contributed by atoms with E-state index in [0.29, 0.717) is 11.1 Å². The Morgan fingerprint density at radius 3 is 2.71 bits per heavy atom. The number of likely N-dealkylation sites (N-methyl/N-ethyl adjacent to an activating group) is 1. The Bertz CT molecular complexity index is 1350. The molecule has 0 fully saturated rings. The predicted molar refractivity (Wildman–Crippen MR) is 142 cm³/mol. The summed E-state index contributed by atoms with van der Waals surface area (Å²) in [6.45, 7) is 3.15. The van der Waals surface area contributed by atoms with Crippen LogP contribution in [0.15, 0.2) is 41.0 Å². The van der Waals surface area contributed by atoms with Gasteiger partial charge in [0.15, 0.2) is 11.9 Å². The fourth-order valence-corrected chi connectivity index (χ4v) is 3.95. The molecular weight excluding hydrogens is 587 g/mol. The van der Waals surface area contributed by atoms with Gasteiger partial charge in [0.25, 0.3) is 5.91 Å². The van der Waals surface area contributed by atoms with Crippen molar-refractivity contribution in [2.24, 2.45) is 0 Å². The van der Waals surface area contributed by atoms with Gasteiger partial charge in [-0.2, -0.15) is 5.10 Å². The summed E-state index contributed by atoms with van der Waals surface area (Å²) >= 11 is 9.56. The third-order valence-electron chi connectivity index (χ3n) is 5.17. The smallest absolute Gasteiger partial charge is 0.417 e. The van der Waals surface area contributed by atoms with Crippen molar-refractivity contribution >= 4 is 57.0 Å². The lowest BCUT2D eigenvalue weighted by Gasteiger charge is -2.22. The van der Waals surface area contributed by atoms with Crippen molar-refractivity contribution in [3.05, 3.63) is 68.8 Å². The lowest BCUT2D eigenvalue weighted by Crippen LogP contribution is -2.31. The third-order valence-corrected chi connectivity index (χ3v) is 6.51. The maximum absolute atomic E-state index is 14.2. The number of hydrogen-bond acceptors (Lipinski definition) is 8. The van der Waals surface area contributed by atoms with Gasteiger partial charge in [0.05, 0.1) is 16.7 Å². The largest absolute Gasteiger partial charge is 0.460 e. The van der Waals surface area contributed by atoms with Crippen LogP contribution in [-0.2, 0) is 20.9 Å². The second kappa shape index (κ2) is 12.8. The molecule has 0 bridgehead atoms. The molecule has 0 radical (unpaired) electrons. The molecule has 0 spiro atoms. The average Bonchev–Trinajstić information content (AvgIpc) is 3.18. The van der Waals surface area contributed by atoms with Gasteiger partial charge in [-0.15, -0.1) is 0 Å². The van der Waals surface area contributed by atoms with Gasteiger partial charge in [-0.3, -0.25) is 14.5 Å². The molecule has 14 heteroatoms. The standard InChI is InChI=1S/C24H25BrClFN6O5/c1-13-7-8-17(16(27)10-13)30-23(35)20-19(25)21(26)33(31-20)14(2)38-24(36)32(4)22-15(6-5-9-29-22)12-37-18(34)11-28-3/h5-10,14,28H,11-12H2,1-4H3,(H,30,35). The molecule has 202 valence electrons. The number of aryl methyl sites for hydroxylation is 1. The molecule has 2 N–H and O–H groups in total. The molecule has 1 atom stereocenters. The van der Waals surface area contributed by atoms with E-state index in [1.807, 2.05) is 0 Å². The van der Waals surface area contributed by atoms with Crippen LogP contribution in [0, 0.1) is 12.7 Å². The van der Waals surface area contributed by atoms with E-state index in [0.717, 1.165) is 9.58 Å². The maximum Gasteiger partial charge on any atom is 0.417 e. The first kappa shape index (κ1) is 29.0. The Balaban J connectivity index is 1.73. The Morgan fingerprint density at radius 1 is 1.29 bits per heavy atom. The Kier molecular flexibility index (Phi) is 9.78. The second-order valence-corrected chi connectivity index (χ2v) is 9.21. The van der Waals surface area contributed by atoms with Gasteiger partial charge in [0.1, 0.15) is 23.4 Å². The van der Waals surface area contributed by atoms with E-state index in [9.17, 15) is 18.8 Å². The van der Waals surface area contributed by atoms with Crippen LogP contribution in [0.4, 0.5) is 20.7 Å². The van der Waals surface area contributed by atoms with Gasteiger partial charge in [0.2, 0.25) is 0 Å². The highest BCUT2D eigenvalue weighted by Gasteiger charge is 2.27. The van der Waals surface area contributed by atoms with Crippen LogP contribution in [0.5, 0.6) is 0 Å². The third kappa shape index (κ3) is 6.85. The van der Waals surface area contributed by atoms with Crippen molar-refractivity contribution < 1.29 is 28.2 Å². The molecule has 38 heavy (non-hydrogen) atoms. The summed E-state index contributed by atoms with van der Waals surface area (Å²) in [4.78, 5) is 42.7. The van der Waals surface area contributed by atoms with Crippen molar-refractivity contribution in [3.8, 4) is 0 Å². The number of amides is 2. The van der Waals surface area contributed by atoms with Crippen LogP contribution in [0.25, 0.3) is 0 Å². The number of esters is 1. The lowest BCUT2D eigenvalue weighted by molar-refractivity contribution is -0.143. The van der Waals surface area contributed by atoms with Crippen LogP contribution in [0.3, 0.4) is 0 Å². The number of nitrogens with zero attached hydrogens (tertiary/aromatic N) is 4. The van der Waals surface area contributed by atoms with Crippen LogP contribution < -0.4 is 15.5 Å². The minimum atomic E-state index is -1.05. The number of benzene rings is 1. The van der Waals surface area contributed by atoms with Gasteiger partial charge in [-0.05, 0) is 60.6 Å². The molecule has 0 aliphatic carbocycles. The highest BCUT2D eigenvalue weighted by molar-refractivity contribution is 9.10. The number of rotatable bonds is 9. The fraction of sp³-hybridized carbons (Fsp3) is 0.292. The number of anilines is 2. The van der Waals surface area contributed by atoms with Gasteiger partial charge < -0.3 is 20.1 Å². The molecule has 0 saturated heterocycles. The number of carbonyl (C=O) groups excluding carboxylic acids is 3. The number of hydrogen-bond donors (Lipinski definition) is 2. The van der Waals surface area contributed by atoms with Crippen LogP contribution in [0.1, 0.15) is 34.8 Å². The highest BCUT2D eigenvalue weighted by Crippen LogP contribution is 2.30. The summed E-state index contributed by atoms with van der Waals surface area (Å²) in [6, 6.07) is 7.67. The van der Waals surface area contributed by atoms with Crippen molar-refractivity contribution in [1.29, 1.82) is 0 Å². The molecule has 0 saturated carbocycles. The predicted octanol–water partition coefficient (Wildman–Crippen LogP) is 4.45. The zero-order valence-electron chi connectivity index (χ0n) is 20.9. The van der Waals surface area contributed by atoms with Gasteiger partial charge in [-0.25, -0.2) is 18.9 Å². The number of halogens is 3. The molecule has 0 aliphatic heterocycles. The van der Waals surface area contributed by atoms with E-state index in [1.165, 1.54) is 32.3 Å². The molecule has 1 aromatic carbocycles. The van der Waals surface area contributed by atoms with E-state index in [-0.39, 0.29) is 40.0 Å². The maximum atomic E-state index is 14.2. The molecule has 3 rings (SSSR count). The normalized spacial score (nSPS) is 11.6. The first-order valence-corrected chi connectivity index (χ1v) is 12.4. The minimum Gasteiger partial charge on any atom is -0.460 e. The Hall–Kier alpha value is -3.55. The summed E-state index contributed by atoms with van der Waals surface area (Å²) < 4.78 is 26.1. The second-order valence-electron chi connectivity index (χ2n) is 8.05. The van der Waals surface area contributed by atoms with Crippen molar-refractivity contribution in [2.75, 3.05) is 30.9 Å². The highest BCUT2D eigenvalue weighted by atomic mass is 79.9. The topological polar surface area (TPSA) is 128 Å². The van der Waals surface area contributed by atoms with Gasteiger partial charge in [-0.1, -0.05) is 23.7 Å². The van der Waals surface area contributed by atoms with E-state index in [4.69, 9.17) is 21.1 Å². The number of carbonyl (C=O) groups is 3. The number of nitrogens with one attached hydrogen (secondary N) is 2. The van der Waals surface area contributed by atoms with E-state index in [2.05, 4.69) is 36.6 Å². The summed E-state index contributed by atoms with van der Waals surface area (Å²) in [7, 11) is 3.05. The SMILES string of the molecule is CNCC(=O)OCc1cccnc1N(C)C(=O)OC(C)n1nc(C(=O)Nc2ccc(C)cc2F)c(Br)c1Cl. The number of aromatic nitrogens is 3. The number of pyridine rings is 1. The van der Waals surface area contributed by atoms with Crippen molar-refractivity contribution in [1.82, 2.24) is 20.1 Å². The molecule has 2 amide bonds. The molecule has 3 aromatic rings. The molecule has 2 heterocycles. The van der Waals surface area contributed by atoms with E-state index in [1.54, 1.807) is 32.2 Å². The molecule has 11 nitrogen and oxygen atoms in total.